The van der Waals surface area contributed by atoms with Crippen LogP contribution >= 0.6 is 0 Å². The number of rotatable bonds is 6. The minimum atomic E-state index is -0.679. The van der Waals surface area contributed by atoms with Gasteiger partial charge in [0.05, 0.1) is 12.2 Å². The Bertz CT molecular complexity index is 410. The molecular formula is C14H18N2O2. The van der Waals surface area contributed by atoms with Crippen molar-refractivity contribution >= 4 is 5.91 Å². The van der Waals surface area contributed by atoms with Gasteiger partial charge in [0.25, 0.3) is 0 Å². The Morgan fingerprint density at radius 2 is 2.11 bits per heavy atom. The van der Waals surface area contributed by atoms with E-state index < -0.39 is 12.0 Å². The lowest BCUT2D eigenvalue weighted by Crippen LogP contribution is -2.33. The third-order valence-electron chi connectivity index (χ3n) is 2.62. The Labute approximate surface area is 107 Å². The second-order valence-electron chi connectivity index (χ2n) is 4.30. The average molecular weight is 246 g/mol. The molecule has 1 rings (SSSR count). The molecular weight excluding hydrogens is 228 g/mol. The van der Waals surface area contributed by atoms with Gasteiger partial charge < -0.3 is 10.4 Å². The van der Waals surface area contributed by atoms with Crippen LogP contribution in [0.4, 0.5) is 0 Å². The van der Waals surface area contributed by atoms with Gasteiger partial charge >= 0.3 is 0 Å². The molecule has 0 spiro atoms. The summed E-state index contributed by atoms with van der Waals surface area (Å²) in [6, 6.07) is 11.5. The number of aliphatic hydroxyl groups excluding tert-OH is 1. The molecule has 0 aliphatic rings. The van der Waals surface area contributed by atoms with E-state index in [1.165, 1.54) is 0 Å². The van der Waals surface area contributed by atoms with Gasteiger partial charge in [0.15, 0.2) is 0 Å². The smallest absolute Gasteiger partial charge is 0.237 e. The van der Waals surface area contributed by atoms with E-state index in [-0.39, 0.29) is 5.91 Å². The first kappa shape index (κ1) is 14.2. The molecule has 1 amide bonds. The van der Waals surface area contributed by atoms with E-state index in [9.17, 15) is 4.79 Å². The first-order chi connectivity index (χ1) is 8.63. The molecule has 2 N–H and O–H groups in total. The van der Waals surface area contributed by atoms with E-state index in [2.05, 4.69) is 5.32 Å². The molecule has 0 aliphatic heterocycles. The van der Waals surface area contributed by atoms with E-state index in [0.29, 0.717) is 19.4 Å². The van der Waals surface area contributed by atoms with Crippen LogP contribution < -0.4 is 5.32 Å². The Morgan fingerprint density at radius 3 is 2.67 bits per heavy atom. The zero-order valence-corrected chi connectivity index (χ0v) is 10.5. The minimum Gasteiger partial charge on any atom is -0.393 e. The molecule has 0 fully saturated rings. The van der Waals surface area contributed by atoms with Crippen LogP contribution in [-0.2, 0) is 11.2 Å². The van der Waals surface area contributed by atoms with Gasteiger partial charge in [-0.05, 0) is 25.3 Å². The lowest BCUT2D eigenvalue weighted by Gasteiger charge is -2.11. The molecule has 0 saturated carbocycles. The lowest BCUT2D eigenvalue weighted by atomic mass is 10.00. The van der Waals surface area contributed by atoms with Crippen molar-refractivity contribution in [3.05, 3.63) is 35.9 Å². The molecule has 2 atom stereocenters. The molecule has 4 heteroatoms. The van der Waals surface area contributed by atoms with E-state index in [4.69, 9.17) is 10.4 Å². The van der Waals surface area contributed by atoms with E-state index in [1.807, 2.05) is 36.4 Å². The second-order valence-corrected chi connectivity index (χ2v) is 4.30. The van der Waals surface area contributed by atoms with Gasteiger partial charge in [0.1, 0.15) is 5.92 Å². The van der Waals surface area contributed by atoms with Crippen molar-refractivity contribution in [3.63, 3.8) is 0 Å². The summed E-state index contributed by atoms with van der Waals surface area (Å²) >= 11 is 0. The standard InChI is InChI=1S/C14H18N2O2/c1-11(17)7-8-16-14(18)13(10-15)9-12-5-3-2-4-6-12/h2-6,11,13,17H,7-9H2,1H3,(H,16,18). The summed E-state index contributed by atoms with van der Waals surface area (Å²) in [6.45, 7) is 2.06. The molecule has 4 nitrogen and oxygen atoms in total. The predicted molar refractivity (Wildman–Crippen MR) is 68.6 cm³/mol. The lowest BCUT2D eigenvalue weighted by molar-refractivity contribution is -0.123. The van der Waals surface area contributed by atoms with Crippen molar-refractivity contribution in [1.82, 2.24) is 5.32 Å². The van der Waals surface area contributed by atoms with Gasteiger partial charge in [-0.25, -0.2) is 0 Å². The van der Waals surface area contributed by atoms with Gasteiger partial charge in [-0.1, -0.05) is 30.3 Å². The van der Waals surface area contributed by atoms with E-state index >= 15 is 0 Å². The monoisotopic (exact) mass is 246 g/mol. The molecule has 0 saturated heterocycles. The number of aliphatic hydroxyl groups is 1. The number of hydrogen-bond donors (Lipinski definition) is 2. The average Bonchev–Trinajstić information content (AvgIpc) is 2.36. The quantitative estimate of drug-likeness (QED) is 0.793. The molecule has 1 aromatic carbocycles. The predicted octanol–water partition coefficient (Wildman–Crippen LogP) is 1.26. The van der Waals surface area contributed by atoms with Crippen LogP contribution in [0.2, 0.25) is 0 Å². The first-order valence-electron chi connectivity index (χ1n) is 6.02. The highest BCUT2D eigenvalue weighted by molar-refractivity contribution is 5.81. The van der Waals surface area contributed by atoms with Gasteiger partial charge in [0.2, 0.25) is 5.91 Å². The van der Waals surface area contributed by atoms with Gasteiger partial charge in [0, 0.05) is 6.54 Å². The van der Waals surface area contributed by atoms with Crippen LogP contribution in [0.3, 0.4) is 0 Å². The Balaban J connectivity index is 2.46. The highest BCUT2D eigenvalue weighted by atomic mass is 16.3. The van der Waals surface area contributed by atoms with Crippen LogP contribution in [0.25, 0.3) is 0 Å². The van der Waals surface area contributed by atoms with Gasteiger partial charge in [-0.2, -0.15) is 5.26 Å². The number of nitriles is 1. The first-order valence-corrected chi connectivity index (χ1v) is 6.02. The number of hydrogen-bond acceptors (Lipinski definition) is 3. The van der Waals surface area contributed by atoms with Crippen molar-refractivity contribution in [2.24, 2.45) is 5.92 Å². The molecule has 0 bridgehead atoms. The maximum Gasteiger partial charge on any atom is 0.237 e. The molecule has 96 valence electrons. The van der Waals surface area contributed by atoms with Crippen LogP contribution in [0, 0.1) is 17.2 Å². The molecule has 1 aromatic rings. The molecule has 0 radical (unpaired) electrons. The second kappa shape index (κ2) is 7.46. The minimum absolute atomic E-state index is 0.276. The van der Waals surface area contributed by atoms with Crippen molar-refractivity contribution < 1.29 is 9.90 Å². The fourth-order valence-corrected chi connectivity index (χ4v) is 1.57. The number of nitrogens with one attached hydrogen (secondary N) is 1. The number of carbonyl (C=O) groups is 1. The number of carbonyl (C=O) groups excluding carboxylic acids is 1. The molecule has 0 aromatic heterocycles. The van der Waals surface area contributed by atoms with Crippen LogP contribution in [0.1, 0.15) is 18.9 Å². The van der Waals surface area contributed by atoms with Crippen molar-refractivity contribution in [2.75, 3.05) is 6.54 Å². The summed E-state index contributed by atoms with van der Waals surface area (Å²) < 4.78 is 0. The maximum atomic E-state index is 11.7. The van der Waals surface area contributed by atoms with Crippen LogP contribution in [-0.4, -0.2) is 23.7 Å². The van der Waals surface area contributed by atoms with Crippen LogP contribution in [0.5, 0.6) is 0 Å². The summed E-state index contributed by atoms with van der Waals surface area (Å²) in [7, 11) is 0. The zero-order chi connectivity index (χ0) is 13.4. The largest absolute Gasteiger partial charge is 0.393 e. The highest BCUT2D eigenvalue weighted by Gasteiger charge is 2.17. The van der Waals surface area contributed by atoms with E-state index in [1.54, 1.807) is 6.92 Å². The normalized spacial score (nSPS) is 13.4. The van der Waals surface area contributed by atoms with Crippen molar-refractivity contribution in [3.8, 4) is 6.07 Å². The molecule has 0 aliphatic carbocycles. The highest BCUT2D eigenvalue weighted by Crippen LogP contribution is 2.08. The van der Waals surface area contributed by atoms with Crippen LogP contribution in [0.15, 0.2) is 30.3 Å². The van der Waals surface area contributed by atoms with Crippen molar-refractivity contribution in [2.45, 2.75) is 25.9 Å². The third-order valence-corrected chi connectivity index (χ3v) is 2.62. The molecule has 18 heavy (non-hydrogen) atoms. The Kier molecular flexibility index (Phi) is 5.89. The summed E-state index contributed by atoms with van der Waals surface area (Å²) in [5.41, 5.74) is 0.967. The fraction of sp³-hybridized carbons (Fsp3) is 0.429. The summed E-state index contributed by atoms with van der Waals surface area (Å²) in [5.74, 6) is -0.955. The summed E-state index contributed by atoms with van der Waals surface area (Å²) in [6.07, 6.45) is 0.465. The number of amides is 1. The molecule has 2 unspecified atom stereocenters. The summed E-state index contributed by atoms with van der Waals surface area (Å²) in [5, 5.41) is 20.7. The third kappa shape index (κ3) is 4.98. The zero-order valence-electron chi connectivity index (χ0n) is 10.5. The van der Waals surface area contributed by atoms with Gasteiger partial charge in [-0.3, -0.25) is 4.79 Å². The Hall–Kier alpha value is -1.86. The number of benzene rings is 1. The summed E-state index contributed by atoms with van der Waals surface area (Å²) in [4.78, 5) is 11.7. The van der Waals surface area contributed by atoms with E-state index in [0.717, 1.165) is 5.56 Å². The van der Waals surface area contributed by atoms with Gasteiger partial charge in [-0.15, -0.1) is 0 Å². The topological polar surface area (TPSA) is 73.1 Å². The van der Waals surface area contributed by atoms with Crippen molar-refractivity contribution in [1.29, 1.82) is 5.26 Å². The molecule has 0 heterocycles. The SMILES string of the molecule is CC(O)CCNC(=O)C(C#N)Cc1ccccc1. The Morgan fingerprint density at radius 1 is 1.44 bits per heavy atom. The number of nitrogens with zero attached hydrogens (tertiary/aromatic N) is 1. The fourth-order valence-electron chi connectivity index (χ4n) is 1.57. The maximum absolute atomic E-state index is 11.7.